The number of rotatable bonds is 7. The van der Waals surface area contributed by atoms with Gasteiger partial charge in [-0.05, 0) is 48.2 Å². The first kappa shape index (κ1) is 24.7. The van der Waals surface area contributed by atoms with Crippen molar-refractivity contribution in [3.63, 3.8) is 0 Å². The van der Waals surface area contributed by atoms with Gasteiger partial charge >= 0.3 is 0 Å². The van der Waals surface area contributed by atoms with Gasteiger partial charge in [0.05, 0.1) is 23.1 Å². The lowest BCUT2D eigenvalue weighted by Gasteiger charge is -2.26. The number of nitro benzene ring substituents is 1. The Morgan fingerprint density at radius 1 is 1.06 bits per heavy atom. The molecule has 8 heteroatoms. The number of ketones is 1. The van der Waals surface area contributed by atoms with E-state index >= 15 is 0 Å². The van der Waals surface area contributed by atoms with Crippen LogP contribution in [0.1, 0.15) is 36.6 Å². The smallest absolute Gasteiger partial charge is 0.300 e. The average molecular weight is 487 g/mol. The van der Waals surface area contributed by atoms with Gasteiger partial charge < -0.3 is 9.84 Å². The summed E-state index contributed by atoms with van der Waals surface area (Å²) in [6.07, 6.45) is 0. The summed E-state index contributed by atoms with van der Waals surface area (Å²) in [5.41, 5.74) is 1.64. The van der Waals surface area contributed by atoms with Crippen molar-refractivity contribution in [2.24, 2.45) is 5.92 Å². The minimum atomic E-state index is -0.923. The summed E-state index contributed by atoms with van der Waals surface area (Å²) in [5, 5.41) is 22.5. The number of nitro groups is 1. The van der Waals surface area contributed by atoms with E-state index in [-0.39, 0.29) is 16.8 Å². The first-order chi connectivity index (χ1) is 17.2. The SMILES string of the molecule is Cc1ccccc1C1/C(=C(\O)c2cccc([N+](=O)[O-])c2)C(=O)C(=O)N1c1ccc(OCC(C)C)cc1. The number of ether oxygens (including phenoxy) is 1. The molecule has 0 spiro atoms. The third-order valence-electron chi connectivity index (χ3n) is 5.96. The van der Waals surface area contributed by atoms with Crippen LogP contribution in [0, 0.1) is 23.0 Å². The molecule has 0 bridgehead atoms. The van der Waals surface area contributed by atoms with Gasteiger partial charge in [0.2, 0.25) is 0 Å². The van der Waals surface area contributed by atoms with Gasteiger partial charge in [-0.25, -0.2) is 0 Å². The van der Waals surface area contributed by atoms with Crippen molar-refractivity contribution in [2.75, 3.05) is 11.5 Å². The van der Waals surface area contributed by atoms with Gasteiger partial charge in [0.25, 0.3) is 17.4 Å². The van der Waals surface area contributed by atoms with Gasteiger partial charge in [0.1, 0.15) is 11.5 Å². The van der Waals surface area contributed by atoms with E-state index < -0.39 is 28.4 Å². The molecule has 0 radical (unpaired) electrons. The fourth-order valence-electron chi connectivity index (χ4n) is 4.17. The Bertz CT molecular complexity index is 1360. The van der Waals surface area contributed by atoms with Crippen molar-refractivity contribution in [1.82, 2.24) is 0 Å². The molecule has 1 aliphatic heterocycles. The fraction of sp³-hybridized carbons (Fsp3) is 0.214. The third kappa shape index (κ3) is 4.70. The monoisotopic (exact) mass is 486 g/mol. The largest absolute Gasteiger partial charge is 0.507 e. The Hall–Kier alpha value is -4.46. The quantitative estimate of drug-likeness (QED) is 0.154. The maximum absolute atomic E-state index is 13.3. The number of nitrogens with zero attached hydrogens (tertiary/aromatic N) is 2. The summed E-state index contributed by atoms with van der Waals surface area (Å²) in [6, 6.07) is 18.5. The van der Waals surface area contributed by atoms with Crippen LogP contribution < -0.4 is 9.64 Å². The minimum absolute atomic E-state index is 0.0817. The maximum Gasteiger partial charge on any atom is 0.300 e. The van der Waals surface area contributed by atoms with Crippen LogP contribution in [-0.4, -0.2) is 28.3 Å². The van der Waals surface area contributed by atoms with Crippen molar-refractivity contribution in [3.05, 3.63) is 105 Å². The molecular formula is C28H26N2O6. The van der Waals surface area contributed by atoms with E-state index in [9.17, 15) is 24.8 Å². The third-order valence-corrected chi connectivity index (χ3v) is 5.96. The highest BCUT2D eigenvalue weighted by Gasteiger charge is 2.47. The van der Waals surface area contributed by atoms with Crippen LogP contribution >= 0.6 is 0 Å². The number of aliphatic hydroxyl groups is 1. The molecule has 1 saturated heterocycles. The normalized spacial score (nSPS) is 17.0. The Balaban J connectivity index is 1.86. The predicted octanol–water partition coefficient (Wildman–Crippen LogP) is 5.56. The predicted molar refractivity (Wildman–Crippen MR) is 136 cm³/mol. The first-order valence-electron chi connectivity index (χ1n) is 11.5. The molecule has 1 amide bonds. The second-order valence-corrected chi connectivity index (χ2v) is 9.03. The Morgan fingerprint density at radius 2 is 1.75 bits per heavy atom. The molecule has 0 aliphatic carbocycles. The number of Topliss-reactive ketones (excluding diaryl/α,β-unsaturated/α-hetero) is 1. The van der Waals surface area contributed by atoms with Gasteiger partial charge in [0, 0.05) is 23.4 Å². The van der Waals surface area contributed by atoms with Crippen LogP contribution in [0.2, 0.25) is 0 Å². The van der Waals surface area contributed by atoms with Crippen LogP contribution in [0.5, 0.6) is 5.75 Å². The molecular weight excluding hydrogens is 460 g/mol. The van der Waals surface area contributed by atoms with Crippen LogP contribution in [0.25, 0.3) is 5.76 Å². The molecule has 1 N–H and O–H groups in total. The number of carbonyl (C=O) groups is 2. The Labute approximate surface area is 208 Å². The second-order valence-electron chi connectivity index (χ2n) is 9.03. The zero-order valence-corrected chi connectivity index (χ0v) is 20.2. The number of non-ortho nitro benzene ring substituents is 1. The number of amides is 1. The summed E-state index contributed by atoms with van der Waals surface area (Å²) in [5.74, 6) is -1.16. The summed E-state index contributed by atoms with van der Waals surface area (Å²) >= 11 is 0. The van der Waals surface area contributed by atoms with Gasteiger partial charge in [0.15, 0.2) is 0 Å². The molecule has 184 valence electrons. The van der Waals surface area contributed by atoms with Crippen LogP contribution in [0.4, 0.5) is 11.4 Å². The lowest BCUT2D eigenvalue weighted by Crippen LogP contribution is -2.29. The van der Waals surface area contributed by atoms with Gasteiger partial charge in [-0.1, -0.05) is 50.2 Å². The molecule has 1 fully saturated rings. The summed E-state index contributed by atoms with van der Waals surface area (Å²) in [4.78, 5) is 38.6. The van der Waals surface area contributed by atoms with Crippen molar-refractivity contribution in [2.45, 2.75) is 26.8 Å². The van der Waals surface area contributed by atoms with Gasteiger partial charge in [-0.3, -0.25) is 24.6 Å². The number of carbonyl (C=O) groups excluding carboxylic acids is 2. The average Bonchev–Trinajstić information content (AvgIpc) is 3.13. The van der Waals surface area contributed by atoms with E-state index in [4.69, 9.17) is 4.74 Å². The van der Waals surface area contributed by atoms with Crippen molar-refractivity contribution in [1.29, 1.82) is 0 Å². The van der Waals surface area contributed by atoms with Crippen LogP contribution in [-0.2, 0) is 9.59 Å². The number of hydrogen-bond acceptors (Lipinski definition) is 6. The molecule has 1 atom stereocenters. The second kappa shape index (κ2) is 10.0. The van der Waals surface area contributed by atoms with Crippen molar-refractivity contribution < 1.29 is 24.4 Å². The highest BCUT2D eigenvalue weighted by atomic mass is 16.6. The van der Waals surface area contributed by atoms with E-state index in [1.165, 1.54) is 29.2 Å². The van der Waals surface area contributed by atoms with Crippen LogP contribution in [0.15, 0.2) is 78.4 Å². The standard InChI is InChI=1S/C28H26N2O6/c1-17(2)16-36-22-13-11-20(12-14-22)29-25(23-10-5-4-7-18(23)3)24(27(32)28(29)33)26(31)19-8-6-9-21(15-19)30(34)35/h4-15,17,25,31H,16H2,1-3H3/b26-24+. The Morgan fingerprint density at radius 3 is 2.39 bits per heavy atom. The lowest BCUT2D eigenvalue weighted by atomic mass is 9.92. The zero-order chi connectivity index (χ0) is 26.0. The van der Waals surface area contributed by atoms with E-state index in [1.54, 1.807) is 36.4 Å². The zero-order valence-electron chi connectivity index (χ0n) is 20.2. The number of benzene rings is 3. The molecule has 4 rings (SSSR count). The summed E-state index contributed by atoms with van der Waals surface area (Å²) in [6.45, 7) is 6.47. The Kier molecular flexibility index (Phi) is 6.87. The lowest BCUT2D eigenvalue weighted by molar-refractivity contribution is -0.384. The molecule has 0 aromatic heterocycles. The molecule has 8 nitrogen and oxygen atoms in total. The molecule has 3 aromatic rings. The van der Waals surface area contributed by atoms with Crippen LogP contribution in [0.3, 0.4) is 0 Å². The van der Waals surface area contributed by atoms with Gasteiger partial charge in [-0.15, -0.1) is 0 Å². The molecule has 1 aliphatic rings. The van der Waals surface area contributed by atoms with Gasteiger partial charge in [-0.2, -0.15) is 0 Å². The molecule has 0 saturated carbocycles. The number of aliphatic hydroxyl groups excluding tert-OH is 1. The topological polar surface area (TPSA) is 110 Å². The fourth-order valence-corrected chi connectivity index (χ4v) is 4.17. The van der Waals surface area contributed by atoms with Crippen molar-refractivity contribution >= 4 is 28.8 Å². The number of hydrogen-bond donors (Lipinski definition) is 1. The number of anilines is 1. The van der Waals surface area contributed by atoms with E-state index in [0.717, 1.165) is 5.56 Å². The van der Waals surface area contributed by atoms with E-state index in [1.807, 2.05) is 32.9 Å². The highest BCUT2D eigenvalue weighted by Crippen LogP contribution is 2.43. The number of aryl methyl sites for hydroxylation is 1. The highest BCUT2D eigenvalue weighted by molar-refractivity contribution is 6.51. The maximum atomic E-state index is 13.3. The van der Waals surface area contributed by atoms with E-state index in [0.29, 0.717) is 29.5 Å². The molecule has 3 aromatic carbocycles. The van der Waals surface area contributed by atoms with Crippen molar-refractivity contribution in [3.8, 4) is 5.75 Å². The summed E-state index contributed by atoms with van der Waals surface area (Å²) < 4.78 is 5.74. The summed E-state index contributed by atoms with van der Waals surface area (Å²) in [7, 11) is 0. The van der Waals surface area contributed by atoms with E-state index in [2.05, 4.69) is 0 Å². The molecule has 1 heterocycles. The molecule has 36 heavy (non-hydrogen) atoms. The minimum Gasteiger partial charge on any atom is -0.507 e. The first-order valence-corrected chi connectivity index (χ1v) is 11.5. The molecule has 1 unspecified atom stereocenters.